The molecule has 0 bridgehead atoms. The summed E-state index contributed by atoms with van der Waals surface area (Å²) in [6.07, 6.45) is 4.77. The Morgan fingerprint density at radius 1 is 1.50 bits per heavy atom. The highest BCUT2D eigenvalue weighted by molar-refractivity contribution is 5.93. The maximum Gasteiger partial charge on any atom is 0.277 e. The standard InChI is InChI=1S/C16H20FN3O2/c1-11-6-7-13-18-14(15(17)20(13)9-11)16(21)19(2)10-12-5-3-4-8-22-12/h6-7,9,12H,3-5,8,10H2,1-2H3/t12-/m0/s1. The van der Waals surface area contributed by atoms with Gasteiger partial charge in [-0.2, -0.15) is 4.39 Å². The number of aromatic nitrogens is 2. The molecule has 1 amide bonds. The Labute approximate surface area is 128 Å². The van der Waals surface area contributed by atoms with E-state index in [-0.39, 0.29) is 11.8 Å². The van der Waals surface area contributed by atoms with E-state index in [2.05, 4.69) is 4.98 Å². The maximum atomic E-state index is 14.4. The van der Waals surface area contributed by atoms with Crippen molar-refractivity contribution in [1.82, 2.24) is 14.3 Å². The van der Waals surface area contributed by atoms with Gasteiger partial charge in [-0.1, -0.05) is 6.07 Å². The van der Waals surface area contributed by atoms with Gasteiger partial charge in [0.05, 0.1) is 6.10 Å². The summed E-state index contributed by atoms with van der Waals surface area (Å²) in [4.78, 5) is 18.1. The first-order chi connectivity index (χ1) is 10.6. The van der Waals surface area contributed by atoms with Crippen LogP contribution in [0.2, 0.25) is 0 Å². The minimum absolute atomic E-state index is 0.0324. The molecule has 2 aromatic heterocycles. The van der Waals surface area contributed by atoms with E-state index in [0.717, 1.165) is 31.4 Å². The number of hydrogen-bond donors (Lipinski definition) is 0. The lowest BCUT2D eigenvalue weighted by Crippen LogP contribution is -2.37. The quantitative estimate of drug-likeness (QED) is 0.875. The highest BCUT2D eigenvalue weighted by Gasteiger charge is 2.25. The van der Waals surface area contributed by atoms with Gasteiger partial charge in [-0.05, 0) is 37.8 Å². The topological polar surface area (TPSA) is 46.8 Å². The van der Waals surface area contributed by atoms with Gasteiger partial charge < -0.3 is 9.64 Å². The van der Waals surface area contributed by atoms with E-state index in [0.29, 0.717) is 12.2 Å². The van der Waals surface area contributed by atoms with Crippen LogP contribution in [0.15, 0.2) is 18.3 Å². The first-order valence-corrected chi connectivity index (χ1v) is 7.57. The molecule has 118 valence electrons. The molecule has 3 heterocycles. The number of imidazole rings is 1. The summed E-state index contributed by atoms with van der Waals surface area (Å²) in [5, 5.41) is 0. The summed E-state index contributed by atoms with van der Waals surface area (Å²) < 4.78 is 21.4. The molecule has 0 radical (unpaired) electrons. The van der Waals surface area contributed by atoms with Crippen molar-refractivity contribution in [2.45, 2.75) is 32.3 Å². The number of likely N-dealkylation sites (N-methyl/N-ethyl adjacent to an activating group) is 1. The minimum atomic E-state index is -0.611. The molecule has 0 saturated carbocycles. The summed E-state index contributed by atoms with van der Waals surface area (Å²) in [6.45, 7) is 3.06. The highest BCUT2D eigenvalue weighted by atomic mass is 19.1. The number of pyridine rings is 1. The molecule has 22 heavy (non-hydrogen) atoms. The van der Waals surface area contributed by atoms with E-state index in [1.807, 2.05) is 13.0 Å². The van der Waals surface area contributed by atoms with Crippen LogP contribution in [-0.2, 0) is 4.74 Å². The molecule has 0 spiro atoms. The molecule has 1 atom stereocenters. The highest BCUT2D eigenvalue weighted by Crippen LogP contribution is 2.17. The van der Waals surface area contributed by atoms with Crippen molar-refractivity contribution >= 4 is 11.6 Å². The zero-order valence-electron chi connectivity index (χ0n) is 12.9. The molecule has 6 heteroatoms. The third kappa shape index (κ3) is 2.83. The maximum absolute atomic E-state index is 14.4. The molecule has 1 aliphatic rings. The second-order valence-corrected chi connectivity index (χ2v) is 5.86. The van der Waals surface area contributed by atoms with E-state index in [9.17, 15) is 9.18 Å². The van der Waals surface area contributed by atoms with Gasteiger partial charge in [-0.3, -0.25) is 9.20 Å². The predicted molar refractivity (Wildman–Crippen MR) is 80.4 cm³/mol. The Balaban J connectivity index is 1.80. The summed E-state index contributed by atoms with van der Waals surface area (Å²) >= 11 is 0. The van der Waals surface area contributed by atoms with Crippen molar-refractivity contribution in [1.29, 1.82) is 0 Å². The van der Waals surface area contributed by atoms with Crippen LogP contribution >= 0.6 is 0 Å². The monoisotopic (exact) mass is 305 g/mol. The fourth-order valence-corrected chi connectivity index (χ4v) is 2.78. The molecule has 2 aromatic rings. The first-order valence-electron chi connectivity index (χ1n) is 7.57. The second-order valence-electron chi connectivity index (χ2n) is 5.86. The van der Waals surface area contributed by atoms with Crippen LogP contribution in [0.3, 0.4) is 0 Å². The van der Waals surface area contributed by atoms with E-state index in [1.54, 1.807) is 19.3 Å². The minimum Gasteiger partial charge on any atom is -0.376 e. The molecule has 3 rings (SSSR count). The zero-order valence-corrected chi connectivity index (χ0v) is 12.9. The first kappa shape index (κ1) is 15.0. The average molecular weight is 305 g/mol. The van der Waals surface area contributed by atoms with Gasteiger partial charge >= 0.3 is 0 Å². The average Bonchev–Trinajstić information content (AvgIpc) is 2.84. The number of carbonyl (C=O) groups excluding carboxylic acids is 1. The Kier molecular flexibility index (Phi) is 4.11. The van der Waals surface area contributed by atoms with Crippen LogP contribution < -0.4 is 0 Å². The molecule has 5 nitrogen and oxygen atoms in total. The predicted octanol–water partition coefficient (Wildman–Crippen LogP) is 2.42. The smallest absolute Gasteiger partial charge is 0.277 e. The lowest BCUT2D eigenvalue weighted by Gasteiger charge is -2.27. The van der Waals surface area contributed by atoms with Crippen molar-refractivity contribution < 1.29 is 13.9 Å². The largest absolute Gasteiger partial charge is 0.376 e. The Bertz CT molecular complexity index is 692. The van der Waals surface area contributed by atoms with Gasteiger partial charge in [0.25, 0.3) is 5.91 Å². The molecule has 1 saturated heterocycles. The number of amides is 1. The Morgan fingerprint density at radius 3 is 3.05 bits per heavy atom. The molecule has 1 aliphatic heterocycles. The normalized spacial score (nSPS) is 18.6. The van der Waals surface area contributed by atoms with E-state index >= 15 is 0 Å². The molecule has 0 unspecified atom stereocenters. The lowest BCUT2D eigenvalue weighted by atomic mass is 10.1. The second kappa shape index (κ2) is 6.04. The van der Waals surface area contributed by atoms with Crippen LogP contribution in [-0.4, -0.2) is 46.5 Å². The fraction of sp³-hybridized carbons (Fsp3) is 0.500. The van der Waals surface area contributed by atoms with Crippen LogP contribution in [0.1, 0.15) is 35.3 Å². The Hall–Kier alpha value is -1.95. The van der Waals surface area contributed by atoms with E-state index < -0.39 is 11.9 Å². The number of nitrogens with zero attached hydrogens (tertiary/aromatic N) is 3. The van der Waals surface area contributed by atoms with Gasteiger partial charge in [0, 0.05) is 26.4 Å². The number of halogens is 1. The lowest BCUT2D eigenvalue weighted by molar-refractivity contribution is -0.000372. The zero-order chi connectivity index (χ0) is 15.7. The van der Waals surface area contributed by atoms with E-state index in [4.69, 9.17) is 4.74 Å². The molecule has 0 N–H and O–H groups in total. The van der Waals surface area contributed by atoms with Gasteiger partial charge in [0.15, 0.2) is 5.69 Å². The van der Waals surface area contributed by atoms with Crippen molar-refractivity contribution in [3.05, 3.63) is 35.5 Å². The van der Waals surface area contributed by atoms with Gasteiger partial charge in [-0.15, -0.1) is 0 Å². The van der Waals surface area contributed by atoms with Crippen molar-refractivity contribution in [3.63, 3.8) is 0 Å². The molecule has 0 aliphatic carbocycles. The van der Waals surface area contributed by atoms with Crippen LogP contribution in [0.5, 0.6) is 0 Å². The van der Waals surface area contributed by atoms with Crippen LogP contribution in [0.4, 0.5) is 4.39 Å². The molecule has 0 aromatic carbocycles. The van der Waals surface area contributed by atoms with E-state index in [1.165, 1.54) is 9.30 Å². The van der Waals surface area contributed by atoms with Gasteiger partial charge in [0.2, 0.25) is 5.95 Å². The van der Waals surface area contributed by atoms with Gasteiger partial charge in [-0.25, -0.2) is 4.98 Å². The van der Waals surface area contributed by atoms with Crippen molar-refractivity contribution in [3.8, 4) is 0 Å². The molecular formula is C16H20FN3O2. The third-order valence-electron chi connectivity index (χ3n) is 4.01. The fourth-order valence-electron chi connectivity index (χ4n) is 2.78. The number of fused-ring (bicyclic) bond motifs is 1. The Morgan fingerprint density at radius 2 is 2.32 bits per heavy atom. The number of aryl methyl sites for hydroxylation is 1. The number of ether oxygens (including phenoxy) is 1. The summed E-state index contributed by atoms with van der Waals surface area (Å²) in [5.41, 5.74) is 1.21. The number of rotatable bonds is 3. The molecule has 1 fully saturated rings. The summed E-state index contributed by atoms with van der Waals surface area (Å²) in [5.74, 6) is -1.02. The van der Waals surface area contributed by atoms with Crippen molar-refractivity contribution in [2.24, 2.45) is 0 Å². The number of hydrogen-bond acceptors (Lipinski definition) is 3. The van der Waals surface area contributed by atoms with Crippen LogP contribution in [0.25, 0.3) is 5.65 Å². The SMILES string of the molecule is Cc1ccc2nc(C(=O)N(C)C[C@@H]3CCCCO3)c(F)n2c1. The summed E-state index contributed by atoms with van der Waals surface area (Å²) in [7, 11) is 1.66. The summed E-state index contributed by atoms with van der Waals surface area (Å²) in [6, 6.07) is 3.55. The van der Waals surface area contributed by atoms with Crippen molar-refractivity contribution in [2.75, 3.05) is 20.2 Å². The number of carbonyl (C=O) groups is 1. The molecular weight excluding hydrogens is 285 g/mol. The van der Waals surface area contributed by atoms with Crippen LogP contribution in [0, 0.1) is 12.9 Å². The third-order valence-corrected chi connectivity index (χ3v) is 4.01. The van der Waals surface area contributed by atoms with Gasteiger partial charge in [0.1, 0.15) is 5.65 Å².